The number of para-hydroxylation sites is 2. The minimum absolute atomic E-state index is 0.331. The molecule has 0 spiro atoms. The molecule has 0 fully saturated rings. The second kappa shape index (κ2) is 7.64. The van der Waals surface area contributed by atoms with Gasteiger partial charge in [0.2, 0.25) is 5.91 Å². The molecule has 2 aromatic carbocycles. The van der Waals surface area contributed by atoms with Crippen LogP contribution in [-0.4, -0.2) is 29.9 Å². The van der Waals surface area contributed by atoms with E-state index < -0.39 is 24.0 Å². The summed E-state index contributed by atoms with van der Waals surface area (Å²) in [6.07, 6.45) is 2.61. The van der Waals surface area contributed by atoms with E-state index in [-0.39, 0.29) is 11.7 Å². The minimum atomic E-state index is -1.14. The van der Waals surface area contributed by atoms with E-state index in [0.29, 0.717) is 16.9 Å². The molecule has 0 aromatic heterocycles. The van der Waals surface area contributed by atoms with E-state index in [1.165, 1.54) is 35.2 Å². The van der Waals surface area contributed by atoms with E-state index >= 15 is 0 Å². The number of fused-ring (bicyclic) bond motifs is 1. The van der Waals surface area contributed by atoms with Crippen LogP contribution >= 0.6 is 0 Å². The fraction of sp³-hybridized carbons (Fsp3) is 0.190. The van der Waals surface area contributed by atoms with E-state index in [2.05, 4.69) is 5.32 Å². The van der Waals surface area contributed by atoms with Crippen molar-refractivity contribution < 1.29 is 23.5 Å². The molecule has 0 unspecified atom stereocenters. The average Bonchev–Trinajstić information content (AvgIpc) is 2.66. The highest BCUT2D eigenvalue weighted by Gasteiger charge is 2.43. The van der Waals surface area contributed by atoms with Crippen molar-refractivity contribution in [3.63, 3.8) is 0 Å². The highest BCUT2D eigenvalue weighted by Crippen LogP contribution is 2.36. The van der Waals surface area contributed by atoms with Gasteiger partial charge in [0.15, 0.2) is 6.61 Å². The summed E-state index contributed by atoms with van der Waals surface area (Å²) in [5.74, 6) is -1.94. The number of carbonyl (C=O) groups is 3. The van der Waals surface area contributed by atoms with Crippen LogP contribution in [0.4, 0.5) is 15.8 Å². The quantitative estimate of drug-likeness (QED) is 0.651. The van der Waals surface area contributed by atoms with Gasteiger partial charge in [0.25, 0.3) is 5.91 Å². The number of amides is 2. The third-order valence-corrected chi connectivity index (χ3v) is 4.38. The van der Waals surface area contributed by atoms with Gasteiger partial charge < -0.3 is 10.1 Å². The molecule has 7 heteroatoms. The molecular formula is C21H19FN2O4. The Morgan fingerprint density at radius 3 is 2.54 bits per heavy atom. The molecule has 2 amide bonds. The van der Waals surface area contributed by atoms with Crippen LogP contribution in [0.25, 0.3) is 6.08 Å². The Morgan fingerprint density at radius 2 is 1.82 bits per heavy atom. The lowest BCUT2D eigenvalue weighted by Crippen LogP contribution is -2.59. The summed E-state index contributed by atoms with van der Waals surface area (Å²) in [5, 5.41) is 2.76. The summed E-state index contributed by atoms with van der Waals surface area (Å²) in [6, 6.07) is 12.5. The molecule has 0 radical (unpaired) electrons. The van der Waals surface area contributed by atoms with Gasteiger partial charge in [-0.25, -0.2) is 9.18 Å². The second-order valence-electron chi connectivity index (χ2n) is 6.75. The molecule has 1 heterocycles. The zero-order valence-corrected chi connectivity index (χ0v) is 15.4. The summed E-state index contributed by atoms with van der Waals surface area (Å²) in [5.41, 5.74) is 0.534. The number of nitrogens with one attached hydrogen (secondary N) is 1. The van der Waals surface area contributed by atoms with Crippen LogP contribution in [0.2, 0.25) is 0 Å². The van der Waals surface area contributed by atoms with Crippen LogP contribution in [0, 0.1) is 5.82 Å². The van der Waals surface area contributed by atoms with Crippen molar-refractivity contribution >= 4 is 35.2 Å². The first-order chi connectivity index (χ1) is 13.3. The molecule has 3 rings (SSSR count). The highest BCUT2D eigenvalue weighted by atomic mass is 19.1. The zero-order valence-electron chi connectivity index (χ0n) is 15.4. The van der Waals surface area contributed by atoms with Crippen molar-refractivity contribution in [2.75, 3.05) is 16.8 Å². The number of hydrogen-bond acceptors (Lipinski definition) is 4. The Kier molecular flexibility index (Phi) is 5.26. The van der Waals surface area contributed by atoms with Crippen molar-refractivity contribution in [2.45, 2.75) is 19.4 Å². The van der Waals surface area contributed by atoms with Crippen molar-refractivity contribution in [2.24, 2.45) is 0 Å². The number of anilines is 2. The third-order valence-electron chi connectivity index (χ3n) is 4.38. The van der Waals surface area contributed by atoms with Crippen LogP contribution in [0.3, 0.4) is 0 Å². The van der Waals surface area contributed by atoms with E-state index in [9.17, 15) is 18.8 Å². The number of ether oxygens (including phenoxy) is 1. The molecule has 144 valence electrons. The summed E-state index contributed by atoms with van der Waals surface area (Å²) in [6.45, 7) is 2.72. The number of halogens is 1. The number of nitrogens with zero attached hydrogens (tertiary/aromatic N) is 1. The Balaban J connectivity index is 1.69. The van der Waals surface area contributed by atoms with Gasteiger partial charge in [0.1, 0.15) is 11.4 Å². The molecule has 0 saturated carbocycles. The zero-order chi connectivity index (χ0) is 20.3. The van der Waals surface area contributed by atoms with Crippen molar-refractivity contribution in [3.8, 4) is 0 Å². The SMILES string of the molecule is CC1(C)C(=O)Nc2ccccc2N1C(=O)COC(=O)/C=C/c1ccc(F)cc1. The normalized spacial score (nSPS) is 15.1. The average molecular weight is 382 g/mol. The van der Waals surface area contributed by atoms with Crippen molar-refractivity contribution in [1.29, 1.82) is 0 Å². The Morgan fingerprint density at radius 1 is 1.14 bits per heavy atom. The third kappa shape index (κ3) is 3.93. The fourth-order valence-corrected chi connectivity index (χ4v) is 2.88. The van der Waals surface area contributed by atoms with E-state index in [0.717, 1.165) is 6.08 Å². The molecular weight excluding hydrogens is 363 g/mol. The van der Waals surface area contributed by atoms with Gasteiger partial charge in [0.05, 0.1) is 11.4 Å². The van der Waals surface area contributed by atoms with E-state index in [4.69, 9.17) is 4.74 Å². The van der Waals surface area contributed by atoms with Gasteiger partial charge in [0, 0.05) is 6.08 Å². The lowest BCUT2D eigenvalue weighted by Gasteiger charge is -2.41. The van der Waals surface area contributed by atoms with E-state index in [1.54, 1.807) is 38.1 Å². The number of benzene rings is 2. The van der Waals surface area contributed by atoms with Crippen molar-refractivity contribution in [1.82, 2.24) is 0 Å². The molecule has 1 aliphatic rings. The van der Waals surface area contributed by atoms with Crippen LogP contribution in [0.1, 0.15) is 19.4 Å². The molecule has 28 heavy (non-hydrogen) atoms. The molecule has 2 aromatic rings. The summed E-state index contributed by atoms with van der Waals surface area (Å²) in [7, 11) is 0. The first kappa shape index (κ1) is 19.3. The smallest absolute Gasteiger partial charge is 0.331 e. The topological polar surface area (TPSA) is 75.7 Å². The van der Waals surface area contributed by atoms with E-state index in [1.807, 2.05) is 0 Å². The largest absolute Gasteiger partial charge is 0.452 e. The molecule has 0 aliphatic carbocycles. The first-order valence-corrected chi connectivity index (χ1v) is 8.63. The standard InChI is InChI=1S/C21H19FN2O4/c1-21(2)20(27)23-16-5-3-4-6-17(16)24(21)18(25)13-28-19(26)12-9-14-7-10-15(22)11-8-14/h3-12H,13H2,1-2H3,(H,23,27)/b12-9+. The maximum Gasteiger partial charge on any atom is 0.331 e. The Bertz CT molecular complexity index is 951. The molecule has 6 nitrogen and oxygen atoms in total. The number of rotatable bonds is 4. The van der Waals surface area contributed by atoms with Gasteiger partial charge in [-0.1, -0.05) is 24.3 Å². The van der Waals surface area contributed by atoms with Crippen LogP contribution in [-0.2, 0) is 19.1 Å². The Labute approximate surface area is 161 Å². The lowest BCUT2D eigenvalue weighted by molar-refractivity contribution is -0.143. The minimum Gasteiger partial charge on any atom is -0.452 e. The second-order valence-corrected chi connectivity index (χ2v) is 6.75. The van der Waals surface area contributed by atoms with Crippen LogP contribution in [0.15, 0.2) is 54.6 Å². The fourth-order valence-electron chi connectivity index (χ4n) is 2.88. The lowest BCUT2D eigenvalue weighted by atomic mass is 9.96. The first-order valence-electron chi connectivity index (χ1n) is 8.63. The van der Waals surface area contributed by atoms with Crippen LogP contribution in [0.5, 0.6) is 0 Å². The van der Waals surface area contributed by atoms with Gasteiger partial charge in [-0.3, -0.25) is 14.5 Å². The number of esters is 1. The van der Waals surface area contributed by atoms with Gasteiger partial charge >= 0.3 is 5.97 Å². The molecule has 0 saturated heterocycles. The summed E-state index contributed by atoms with van der Waals surface area (Å²) in [4.78, 5) is 38.3. The predicted molar refractivity (Wildman–Crippen MR) is 103 cm³/mol. The van der Waals surface area contributed by atoms with Gasteiger partial charge in [-0.05, 0) is 49.8 Å². The van der Waals surface area contributed by atoms with Gasteiger partial charge in [-0.15, -0.1) is 0 Å². The predicted octanol–water partition coefficient (Wildman–Crippen LogP) is 3.15. The number of hydrogen-bond donors (Lipinski definition) is 1. The van der Waals surface area contributed by atoms with Crippen molar-refractivity contribution in [3.05, 3.63) is 66.0 Å². The Hall–Kier alpha value is -3.48. The maximum atomic E-state index is 12.9. The number of carbonyl (C=O) groups excluding carboxylic acids is 3. The molecule has 1 aliphatic heterocycles. The monoisotopic (exact) mass is 382 g/mol. The molecule has 0 bridgehead atoms. The summed E-state index contributed by atoms with van der Waals surface area (Å²) < 4.78 is 17.9. The van der Waals surface area contributed by atoms with Crippen LogP contribution < -0.4 is 10.2 Å². The summed E-state index contributed by atoms with van der Waals surface area (Å²) >= 11 is 0. The maximum absolute atomic E-state index is 12.9. The molecule has 1 N–H and O–H groups in total. The highest BCUT2D eigenvalue weighted by molar-refractivity contribution is 6.14. The van der Waals surface area contributed by atoms with Gasteiger partial charge in [-0.2, -0.15) is 0 Å². The molecule has 0 atom stereocenters.